The fraction of sp³-hybridized carbons (Fsp3) is 0.136. The Bertz CT molecular complexity index is 1040. The number of nitrogens with zero attached hydrogens (tertiary/aromatic N) is 1. The molecular weight excluding hydrogens is 359 g/mol. The second-order valence-corrected chi connectivity index (χ2v) is 6.80. The molecule has 1 amide bonds. The Labute approximate surface area is 161 Å². The van der Waals surface area contributed by atoms with Crippen LogP contribution in [-0.2, 0) is 10.2 Å². The largest absolute Gasteiger partial charge is 0.325 e. The molecule has 140 valence electrons. The van der Waals surface area contributed by atoms with Crippen LogP contribution in [0.1, 0.15) is 22.6 Å². The number of amides is 1. The third-order valence-corrected chi connectivity index (χ3v) is 5.30. The molecule has 0 saturated carbocycles. The van der Waals surface area contributed by atoms with Crippen LogP contribution in [0.15, 0.2) is 78.9 Å². The highest BCUT2D eigenvalue weighted by Gasteiger charge is 2.56. The lowest BCUT2D eigenvalue weighted by Crippen LogP contribution is -2.44. The fourth-order valence-corrected chi connectivity index (χ4v) is 4.16. The summed E-state index contributed by atoms with van der Waals surface area (Å²) in [5, 5.41) is 14.4. The molecule has 0 radical (unpaired) electrons. The molecule has 5 nitrogen and oxygen atoms in total. The van der Waals surface area contributed by atoms with Crippen LogP contribution in [0, 0.1) is 15.9 Å². The molecule has 1 aliphatic heterocycles. The van der Waals surface area contributed by atoms with Gasteiger partial charge in [0.1, 0.15) is 11.2 Å². The number of carbonyl (C=O) groups is 1. The van der Waals surface area contributed by atoms with Gasteiger partial charge in [-0.1, -0.05) is 60.7 Å². The Morgan fingerprint density at radius 1 is 1.00 bits per heavy atom. The number of anilines is 1. The van der Waals surface area contributed by atoms with E-state index in [0.29, 0.717) is 22.4 Å². The average molecular weight is 376 g/mol. The molecule has 1 aliphatic rings. The standard InChI is InChI=1S/C22H17FN2O3/c23-17-11-12-20-18(13-17)22(21(26)24-20,16-9-5-2-6-10-16)19(14-25(27)28)15-7-3-1-4-8-15/h1-13,19H,14H2,(H,24,26)/t19-,22-/m0/s1. The normalized spacial score (nSPS) is 19.0. The lowest BCUT2D eigenvalue weighted by atomic mass is 9.64. The lowest BCUT2D eigenvalue weighted by molar-refractivity contribution is -0.484. The van der Waals surface area contributed by atoms with Crippen LogP contribution in [0.2, 0.25) is 0 Å². The van der Waals surface area contributed by atoms with Gasteiger partial charge < -0.3 is 5.32 Å². The summed E-state index contributed by atoms with van der Waals surface area (Å²) < 4.78 is 14.2. The van der Waals surface area contributed by atoms with Crippen LogP contribution in [-0.4, -0.2) is 17.4 Å². The van der Waals surface area contributed by atoms with Gasteiger partial charge in [0.15, 0.2) is 0 Å². The summed E-state index contributed by atoms with van der Waals surface area (Å²) >= 11 is 0. The predicted molar refractivity (Wildman–Crippen MR) is 103 cm³/mol. The minimum absolute atomic E-state index is 0.394. The van der Waals surface area contributed by atoms with Crippen LogP contribution in [0.5, 0.6) is 0 Å². The molecule has 0 fully saturated rings. The zero-order valence-corrected chi connectivity index (χ0v) is 14.8. The van der Waals surface area contributed by atoms with Crippen LogP contribution < -0.4 is 5.32 Å². The molecular formula is C22H17FN2O3. The Balaban J connectivity index is 2.06. The second kappa shape index (κ2) is 6.88. The fourth-order valence-electron chi connectivity index (χ4n) is 4.16. The molecule has 4 rings (SSSR count). The molecule has 2 atom stereocenters. The van der Waals surface area contributed by atoms with Gasteiger partial charge in [-0.15, -0.1) is 0 Å². The summed E-state index contributed by atoms with van der Waals surface area (Å²) in [6, 6.07) is 21.8. The Hall–Kier alpha value is -3.54. The first-order valence-electron chi connectivity index (χ1n) is 8.87. The summed E-state index contributed by atoms with van der Waals surface area (Å²) in [5.41, 5.74) is 0.717. The van der Waals surface area contributed by atoms with Gasteiger partial charge in [-0.05, 0) is 34.9 Å². The van der Waals surface area contributed by atoms with Crippen molar-refractivity contribution in [3.05, 3.63) is 111 Å². The van der Waals surface area contributed by atoms with Gasteiger partial charge in [0.2, 0.25) is 12.5 Å². The van der Waals surface area contributed by atoms with Crippen molar-refractivity contribution < 1.29 is 14.1 Å². The number of nitro groups is 1. The van der Waals surface area contributed by atoms with Crippen molar-refractivity contribution in [2.45, 2.75) is 11.3 Å². The van der Waals surface area contributed by atoms with Gasteiger partial charge >= 0.3 is 0 Å². The number of rotatable bonds is 5. The highest BCUT2D eigenvalue weighted by atomic mass is 19.1. The second-order valence-electron chi connectivity index (χ2n) is 6.80. The van der Waals surface area contributed by atoms with Crippen LogP contribution in [0.3, 0.4) is 0 Å². The number of fused-ring (bicyclic) bond motifs is 1. The SMILES string of the molecule is O=C1Nc2ccc(F)cc2[C@@]1(c1ccccc1)[C@@H](C[N+](=O)[O-])c1ccccc1. The molecule has 0 saturated heterocycles. The van der Waals surface area contributed by atoms with E-state index in [-0.39, 0.29) is 0 Å². The quantitative estimate of drug-likeness (QED) is 0.538. The number of hydrogen-bond donors (Lipinski definition) is 1. The summed E-state index contributed by atoms with van der Waals surface area (Å²) in [6.07, 6.45) is 0. The summed E-state index contributed by atoms with van der Waals surface area (Å²) in [5.74, 6) is -1.70. The highest BCUT2D eigenvalue weighted by molar-refractivity contribution is 6.09. The number of halogens is 1. The maximum Gasteiger partial charge on any atom is 0.240 e. The number of benzene rings is 3. The van der Waals surface area contributed by atoms with E-state index >= 15 is 0 Å². The first kappa shape index (κ1) is 17.9. The van der Waals surface area contributed by atoms with Crippen molar-refractivity contribution in [3.63, 3.8) is 0 Å². The first-order chi connectivity index (χ1) is 13.5. The third kappa shape index (κ3) is 2.74. The Kier molecular flexibility index (Phi) is 4.39. The van der Waals surface area contributed by atoms with Crippen molar-refractivity contribution >= 4 is 11.6 Å². The van der Waals surface area contributed by atoms with Gasteiger partial charge in [-0.2, -0.15) is 0 Å². The van der Waals surface area contributed by atoms with E-state index < -0.39 is 34.5 Å². The molecule has 0 bridgehead atoms. The van der Waals surface area contributed by atoms with E-state index in [1.165, 1.54) is 18.2 Å². The molecule has 0 unspecified atom stereocenters. The molecule has 0 aliphatic carbocycles. The summed E-state index contributed by atoms with van der Waals surface area (Å²) in [6.45, 7) is -0.470. The van der Waals surface area contributed by atoms with Gasteiger partial charge in [0.25, 0.3) is 0 Å². The van der Waals surface area contributed by atoms with Gasteiger partial charge in [0, 0.05) is 10.6 Å². The van der Waals surface area contributed by atoms with E-state index in [2.05, 4.69) is 5.32 Å². The van der Waals surface area contributed by atoms with E-state index in [0.717, 1.165) is 0 Å². The molecule has 0 spiro atoms. The van der Waals surface area contributed by atoms with Crippen molar-refractivity contribution in [2.75, 3.05) is 11.9 Å². The molecule has 3 aromatic carbocycles. The van der Waals surface area contributed by atoms with Gasteiger partial charge in [0.05, 0.1) is 5.92 Å². The van der Waals surface area contributed by atoms with Crippen LogP contribution in [0.4, 0.5) is 10.1 Å². The van der Waals surface area contributed by atoms with Crippen molar-refractivity contribution in [3.8, 4) is 0 Å². The molecule has 3 aromatic rings. The zero-order valence-electron chi connectivity index (χ0n) is 14.8. The van der Waals surface area contributed by atoms with Crippen molar-refractivity contribution in [1.29, 1.82) is 0 Å². The molecule has 1 N–H and O–H groups in total. The van der Waals surface area contributed by atoms with E-state index in [1.807, 2.05) is 12.1 Å². The van der Waals surface area contributed by atoms with Crippen LogP contribution in [0.25, 0.3) is 0 Å². The Morgan fingerprint density at radius 2 is 1.64 bits per heavy atom. The minimum atomic E-state index is -1.41. The maximum absolute atomic E-state index is 14.2. The minimum Gasteiger partial charge on any atom is -0.325 e. The van der Waals surface area contributed by atoms with Gasteiger partial charge in [-0.3, -0.25) is 14.9 Å². The number of nitrogens with one attached hydrogen (secondary N) is 1. The summed E-state index contributed by atoms with van der Waals surface area (Å²) in [7, 11) is 0. The number of hydrogen-bond acceptors (Lipinski definition) is 3. The molecule has 28 heavy (non-hydrogen) atoms. The van der Waals surface area contributed by atoms with Gasteiger partial charge in [-0.25, -0.2) is 4.39 Å². The molecule has 1 heterocycles. The lowest BCUT2D eigenvalue weighted by Gasteiger charge is -2.34. The maximum atomic E-state index is 14.2. The van der Waals surface area contributed by atoms with E-state index in [4.69, 9.17) is 0 Å². The van der Waals surface area contributed by atoms with Crippen molar-refractivity contribution in [1.82, 2.24) is 0 Å². The topological polar surface area (TPSA) is 72.2 Å². The molecule has 0 aromatic heterocycles. The Morgan fingerprint density at radius 3 is 2.29 bits per heavy atom. The first-order valence-corrected chi connectivity index (χ1v) is 8.87. The van der Waals surface area contributed by atoms with Crippen molar-refractivity contribution in [2.24, 2.45) is 0 Å². The molecule has 6 heteroatoms. The van der Waals surface area contributed by atoms with Crippen LogP contribution >= 0.6 is 0 Å². The highest BCUT2D eigenvalue weighted by Crippen LogP contribution is 2.51. The number of carbonyl (C=O) groups excluding carboxylic acids is 1. The summed E-state index contributed by atoms with van der Waals surface area (Å²) in [4.78, 5) is 24.6. The third-order valence-electron chi connectivity index (χ3n) is 5.30. The zero-order chi connectivity index (χ0) is 19.7. The average Bonchev–Trinajstić information content (AvgIpc) is 2.99. The smallest absolute Gasteiger partial charge is 0.240 e. The monoisotopic (exact) mass is 376 g/mol. The predicted octanol–water partition coefficient (Wildman–Crippen LogP) is 4.12. The van der Waals surface area contributed by atoms with E-state index in [1.54, 1.807) is 48.5 Å². The van der Waals surface area contributed by atoms with E-state index in [9.17, 15) is 19.3 Å².